The Morgan fingerprint density at radius 3 is 2.53 bits per heavy atom. The number of hydrazone groups is 1. The highest BCUT2D eigenvalue weighted by molar-refractivity contribution is 8.15. The number of amides is 1. The Hall–Kier alpha value is -1.92. The number of thioether (sulfide) groups is 2. The van der Waals surface area contributed by atoms with Gasteiger partial charge in [-0.25, -0.2) is 22.5 Å². The third-order valence-corrected chi connectivity index (χ3v) is 8.70. The Bertz CT molecular complexity index is 1080. The first-order chi connectivity index (χ1) is 15.3. The lowest BCUT2D eigenvalue weighted by molar-refractivity contribution is -0.132. The van der Waals surface area contributed by atoms with Crippen LogP contribution in [0.5, 0.6) is 0 Å². The van der Waals surface area contributed by atoms with Crippen LogP contribution < -0.4 is 10.5 Å². The molecule has 1 unspecified atom stereocenters. The Balaban J connectivity index is 1.94. The molecule has 0 radical (unpaired) electrons. The van der Waals surface area contributed by atoms with E-state index in [1.807, 2.05) is 6.07 Å². The third-order valence-electron chi connectivity index (χ3n) is 4.72. The second kappa shape index (κ2) is 10.8. The van der Waals surface area contributed by atoms with E-state index in [-0.39, 0.29) is 23.8 Å². The number of hydrogen-bond acceptors (Lipinski definition) is 7. The van der Waals surface area contributed by atoms with Crippen LogP contribution in [0, 0.1) is 5.82 Å². The number of halogens is 1. The van der Waals surface area contributed by atoms with Gasteiger partial charge < -0.3 is 5.73 Å². The van der Waals surface area contributed by atoms with Crippen LogP contribution in [-0.4, -0.2) is 54.7 Å². The van der Waals surface area contributed by atoms with Crippen molar-refractivity contribution >= 4 is 44.5 Å². The van der Waals surface area contributed by atoms with Crippen LogP contribution in [0.1, 0.15) is 18.1 Å². The molecule has 3 rings (SSSR count). The molecule has 1 heterocycles. The lowest BCUT2D eigenvalue weighted by Gasteiger charge is -2.35. The summed E-state index contributed by atoms with van der Waals surface area (Å²) < 4.78 is 42.4. The van der Waals surface area contributed by atoms with Crippen molar-refractivity contribution in [3.63, 3.8) is 0 Å². The highest BCUT2D eigenvalue weighted by atomic mass is 32.2. The number of sulfonamides is 1. The molecular weight excluding hydrogens is 471 g/mol. The second-order valence-corrected chi connectivity index (χ2v) is 11.4. The molecule has 0 saturated heterocycles. The summed E-state index contributed by atoms with van der Waals surface area (Å²) in [5.74, 6) is 0.158. The molecule has 0 aromatic heterocycles. The molecule has 172 valence electrons. The van der Waals surface area contributed by atoms with E-state index in [4.69, 9.17) is 5.73 Å². The van der Waals surface area contributed by atoms with Crippen molar-refractivity contribution in [1.29, 1.82) is 0 Å². The van der Waals surface area contributed by atoms with Crippen molar-refractivity contribution in [2.24, 2.45) is 10.8 Å². The van der Waals surface area contributed by atoms with Gasteiger partial charge in [-0.3, -0.25) is 4.79 Å². The molecule has 11 heteroatoms. The fourth-order valence-corrected chi connectivity index (χ4v) is 6.95. The van der Waals surface area contributed by atoms with Gasteiger partial charge in [-0.2, -0.15) is 16.9 Å². The fraction of sp³-hybridized carbons (Fsp3) is 0.333. The van der Waals surface area contributed by atoms with Gasteiger partial charge in [-0.1, -0.05) is 54.2 Å². The number of carbonyl (C=O) groups is 1. The first-order valence-corrected chi connectivity index (χ1v) is 13.6. The number of benzene rings is 2. The zero-order valence-corrected chi connectivity index (χ0v) is 20.0. The number of rotatable bonds is 10. The average Bonchev–Trinajstić information content (AvgIpc) is 3.18. The number of nitrogens with one attached hydrogen (secondary N) is 1. The summed E-state index contributed by atoms with van der Waals surface area (Å²) in [6.07, 6.45) is 0. The summed E-state index contributed by atoms with van der Waals surface area (Å²) in [6, 6.07) is 15.2. The van der Waals surface area contributed by atoms with Crippen LogP contribution in [0.3, 0.4) is 0 Å². The van der Waals surface area contributed by atoms with Crippen molar-refractivity contribution in [3.05, 3.63) is 71.5 Å². The SMILES string of the molecule is CC(=O)N1N=C(c2ccccc2F)SC1(CNS(=O)(=O)CCSCCN)c1ccccc1. The van der Waals surface area contributed by atoms with Crippen LogP contribution in [0.4, 0.5) is 4.39 Å². The summed E-state index contributed by atoms with van der Waals surface area (Å²) in [4.78, 5) is 11.4. The van der Waals surface area contributed by atoms with E-state index in [9.17, 15) is 17.6 Å². The maximum absolute atomic E-state index is 14.5. The van der Waals surface area contributed by atoms with Crippen molar-refractivity contribution in [2.75, 3.05) is 30.3 Å². The van der Waals surface area contributed by atoms with E-state index in [1.54, 1.807) is 42.5 Å². The first-order valence-electron chi connectivity index (χ1n) is 9.93. The summed E-state index contributed by atoms with van der Waals surface area (Å²) in [5.41, 5.74) is 6.38. The molecule has 7 nitrogen and oxygen atoms in total. The fourth-order valence-electron chi connectivity index (χ4n) is 3.19. The summed E-state index contributed by atoms with van der Waals surface area (Å²) in [6.45, 7) is 1.71. The van der Waals surface area contributed by atoms with Crippen LogP contribution in [-0.2, 0) is 19.7 Å². The van der Waals surface area contributed by atoms with Gasteiger partial charge in [-0.15, -0.1) is 0 Å². The topological polar surface area (TPSA) is 105 Å². The molecule has 2 aromatic rings. The van der Waals surface area contributed by atoms with Gasteiger partial charge in [0.25, 0.3) is 0 Å². The number of nitrogens with zero attached hydrogens (tertiary/aromatic N) is 2. The maximum atomic E-state index is 14.5. The standard InChI is InChI=1S/C21H25FN4O3S3/c1-16(27)26-21(17-7-3-2-4-8-17,15-24-32(28,29)14-13-30-12-11-23)31-20(25-26)18-9-5-6-10-19(18)22/h2-10,24H,11-15,23H2,1H3. The van der Waals surface area contributed by atoms with Crippen molar-refractivity contribution < 1.29 is 17.6 Å². The van der Waals surface area contributed by atoms with E-state index in [0.29, 0.717) is 28.7 Å². The lowest BCUT2D eigenvalue weighted by Crippen LogP contribution is -2.49. The Morgan fingerprint density at radius 1 is 1.19 bits per heavy atom. The molecule has 0 aliphatic carbocycles. The summed E-state index contributed by atoms with van der Waals surface area (Å²) in [7, 11) is -3.62. The molecule has 1 atom stereocenters. The summed E-state index contributed by atoms with van der Waals surface area (Å²) >= 11 is 2.61. The minimum absolute atomic E-state index is 0.0751. The minimum Gasteiger partial charge on any atom is -0.330 e. The Morgan fingerprint density at radius 2 is 1.88 bits per heavy atom. The normalized spacial score (nSPS) is 18.6. The minimum atomic E-state index is -3.62. The van der Waals surface area contributed by atoms with Gasteiger partial charge in [0, 0.05) is 30.5 Å². The monoisotopic (exact) mass is 496 g/mol. The molecule has 3 N–H and O–H groups in total. The Kier molecular flexibility index (Phi) is 8.34. The van der Waals surface area contributed by atoms with Crippen LogP contribution in [0.15, 0.2) is 59.7 Å². The van der Waals surface area contributed by atoms with Gasteiger partial charge >= 0.3 is 0 Å². The predicted octanol–water partition coefficient (Wildman–Crippen LogP) is 2.55. The van der Waals surface area contributed by atoms with Gasteiger partial charge in [0.15, 0.2) is 4.87 Å². The molecule has 0 bridgehead atoms. The van der Waals surface area contributed by atoms with Crippen LogP contribution in [0.25, 0.3) is 0 Å². The average molecular weight is 497 g/mol. The van der Waals surface area contributed by atoms with E-state index in [1.165, 1.54) is 29.8 Å². The van der Waals surface area contributed by atoms with Crippen molar-refractivity contribution in [3.8, 4) is 0 Å². The third kappa shape index (κ3) is 5.70. The molecular formula is C21H25FN4O3S3. The molecule has 0 saturated carbocycles. The number of nitrogens with two attached hydrogens (primary N) is 1. The van der Waals surface area contributed by atoms with Crippen LogP contribution >= 0.6 is 23.5 Å². The molecule has 1 amide bonds. The van der Waals surface area contributed by atoms with Crippen molar-refractivity contribution in [2.45, 2.75) is 11.8 Å². The first kappa shape index (κ1) is 24.7. The van der Waals surface area contributed by atoms with Gasteiger partial charge in [-0.05, 0) is 17.7 Å². The molecule has 0 spiro atoms. The number of carbonyl (C=O) groups excluding carboxylic acids is 1. The predicted molar refractivity (Wildman–Crippen MR) is 129 cm³/mol. The van der Waals surface area contributed by atoms with E-state index in [0.717, 1.165) is 11.8 Å². The molecule has 1 aliphatic heterocycles. The highest BCUT2D eigenvalue weighted by Gasteiger charge is 2.48. The molecule has 2 aromatic carbocycles. The quantitative estimate of drug-likeness (QED) is 0.490. The summed E-state index contributed by atoms with van der Waals surface area (Å²) in [5, 5.41) is 5.95. The smallest absolute Gasteiger partial charge is 0.241 e. The van der Waals surface area contributed by atoms with Gasteiger partial charge in [0.05, 0.1) is 12.3 Å². The van der Waals surface area contributed by atoms with Gasteiger partial charge in [0.2, 0.25) is 15.9 Å². The van der Waals surface area contributed by atoms with Gasteiger partial charge in [0.1, 0.15) is 10.9 Å². The van der Waals surface area contributed by atoms with E-state index >= 15 is 0 Å². The zero-order valence-electron chi connectivity index (χ0n) is 17.5. The zero-order chi connectivity index (χ0) is 23.2. The molecule has 1 aliphatic rings. The van der Waals surface area contributed by atoms with Crippen LogP contribution in [0.2, 0.25) is 0 Å². The Labute approximate surface area is 196 Å². The number of hydrogen-bond donors (Lipinski definition) is 2. The van der Waals surface area contributed by atoms with Crippen molar-refractivity contribution in [1.82, 2.24) is 9.73 Å². The molecule has 32 heavy (non-hydrogen) atoms. The molecule has 0 fully saturated rings. The largest absolute Gasteiger partial charge is 0.330 e. The van der Waals surface area contributed by atoms with E-state index < -0.39 is 20.7 Å². The lowest BCUT2D eigenvalue weighted by atomic mass is 10.1. The highest BCUT2D eigenvalue weighted by Crippen LogP contribution is 2.47. The van der Waals surface area contributed by atoms with E-state index in [2.05, 4.69) is 9.82 Å². The second-order valence-electron chi connectivity index (χ2n) is 7.01. The maximum Gasteiger partial charge on any atom is 0.241 e.